The first-order chi connectivity index (χ1) is 7.84. The predicted octanol–water partition coefficient (Wildman–Crippen LogP) is 2.36. The van der Waals surface area contributed by atoms with Crippen molar-refractivity contribution in [3.05, 3.63) is 17.3 Å². The van der Waals surface area contributed by atoms with Crippen molar-refractivity contribution in [1.82, 2.24) is 10.2 Å². The molecule has 0 atom stereocenters. The molecule has 0 amide bonds. The van der Waals surface area contributed by atoms with Gasteiger partial charge in [0.05, 0.1) is 0 Å². The summed E-state index contributed by atoms with van der Waals surface area (Å²) in [5.41, 5.74) is 0. The molecule has 16 heavy (non-hydrogen) atoms. The van der Waals surface area contributed by atoms with Gasteiger partial charge in [-0.05, 0) is 37.3 Å². The van der Waals surface area contributed by atoms with Gasteiger partial charge in [-0.3, -0.25) is 0 Å². The van der Waals surface area contributed by atoms with Crippen molar-refractivity contribution in [1.29, 1.82) is 0 Å². The van der Waals surface area contributed by atoms with E-state index in [0.29, 0.717) is 5.15 Å². The van der Waals surface area contributed by atoms with Crippen LogP contribution in [0.2, 0.25) is 5.15 Å². The molecule has 1 aliphatic rings. The van der Waals surface area contributed by atoms with Crippen LogP contribution in [0.5, 0.6) is 0 Å². The Morgan fingerprint density at radius 1 is 1.38 bits per heavy atom. The number of hydrogen-bond acceptors (Lipinski definition) is 4. The summed E-state index contributed by atoms with van der Waals surface area (Å²) in [6.45, 7) is 2.59. The van der Waals surface area contributed by atoms with Crippen LogP contribution in [0.25, 0.3) is 0 Å². The van der Waals surface area contributed by atoms with Gasteiger partial charge in [0.1, 0.15) is 5.82 Å². The van der Waals surface area contributed by atoms with E-state index in [2.05, 4.69) is 15.5 Å². The average Bonchev–Trinajstić information content (AvgIpc) is 3.10. The molecular weight excluding hydrogens is 226 g/mol. The molecule has 0 radical (unpaired) electrons. The maximum atomic E-state index is 5.63. The van der Waals surface area contributed by atoms with Crippen LogP contribution < -0.4 is 5.32 Å². The third kappa shape index (κ3) is 4.33. The summed E-state index contributed by atoms with van der Waals surface area (Å²) in [5.74, 6) is 1.60. The lowest BCUT2D eigenvalue weighted by Gasteiger charge is -2.05. The van der Waals surface area contributed by atoms with Crippen LogP contribution in [0, 0.1) is 5.92 Å². The van der Waals surface area contributed by atoms with Gasteiger partial charge in [0.15, 0.2) is 5.15 Å². The number of ether oxygens (including phenoxy) is 1. The molecule has 1 aromatic heterocycles. The molecule has 0 aromatic carbocycles. The molecule has 0 spiro atoms. The van der Waals surface area contributed by atoms with Crippen LogP contribution >= 0.6 is 11.6 Å². The van der Waals surface area contributed by atoms with Crippen LogP contribution in [0.4, 0.5) is 5.82 Å². The summed E-state index contributed by atoms with van der Waals surface area (Å²) in [6.07, 6.45) is 3.67. The monoisotopic (exact) mass is 241 g/mol. The number of rotatable bonds is 7. The maximum Gasteiger partial charge on any atom is 0.151 e. The first kappa shape index (κ1) is 11.6. The minimum Gasteiger partial charge on any atom is -0.381 e. The first-order valence-corrected chi connectivity index (χ1v) is 6.03. The van der Waals surface area contributed by atoms with Crippen LogP contribution in [0.3, 0.4) is 0 Å². The highest BCUT2D eigenvalue weighted by atomic mass is 35.5. The number of nitrogens with one attached hydrogen (secondary N) is 1. The summed E-state index contributed by atoms with van der Waals surface area (Å²) in [5, 5.41) is 11.2. The van der Waals surface area contributed by atoms with E-state index in [0.717, 1.165) is 37.9 Å². The molecule has 1 aromatic rings. The van der Waals surface area contributed by atoms with Gasteiger partial charge < -0.3 is 10.1 Å². The average molecular weight is 242 g/mol. The van der Waals surface area contributed by atoms with Crippen LogP contribution in [-0.4, -0.2) is 30.0 Å². The van der Waals surface area contributed by atoms with Crippen molar-refractivity contribution in [2.75, 3.05) is 25.1 Å². The molecule has 1 aliphatic carbocycles. The minimum absolute atomic E-state index is 0.415. The summed E-state index contributed by atoms with van der Waals surface area (Å²) < 4.78 is 5.52. The minimum atomic E-state index is 0.415. The van der Waals surface area contributed by atoms with Crippen molar-refractivity contribution in [3.63, 3.8) is 0 Å². The predicted molar refractivity (Wildman–Crippen MR) is 63.7 cm³/mol. The molecule has 0 aliphatic heterocycles. The van der Waals surface area contributed by atoms with Crippen LogP contribution in [-0.2, 0) is 4.74 Å². The largest absolute Gasteiger partial charge is 0.381 e. The fraction of sp³-hybridized carbons (Fsp3) is 0.636. The quantitative estimate of drug-likeness (QED) is 0.745. The Morgan fingerprint density at radius 3 is 2.94 bits per heavy atom. The molecule has 0 unspecified atom stereocenters. The topological polar surface area (TPSA) is 47.0 Å². The van der Waals surface area contributed by atoms with E-state index in [1.165, 1.54) is 12.8 Å². The Balaban J connectivity index is 1.51. The van der Waals surface area contributed by atoms with Gasteiger partial charge in [0.2, 0.25) is 0 Å². The standard InChI is InChI=1S/C11H16ClN3O/c12-10-4-5-11(15-14-10)13-6-1-7-16-8-9-2-3-9/h4-5,9H,1-3,6-8H2,(H,13,15). The fourth-order valence-corrected chi connectivity index (χ4v) is 1.44. The van der Waals surface area contributed by atoms with E-state index < -0.39 is 0 Å². The van der Waals surface area contributed by atoms with Gasteiger partial charge in [0, 0.05) is 19.8 Å². The summed E-state index contributed by atoms with van der Waals surface area (Å²) in [6, 6.07) is 3.54. The van der Waals surface area contributed by atoms with Gasteiger partial charge in [-0.15, -0.1) is 10.2 Å². The molecule has 1 heterocycles. The highest BCUT2D eigenvalue weighted by Crippen LogP contribution is 2.28. The Hall–Kier alpha value is -0.870. The van der Waals surface area contributed by atoms with Crippen molar-refractivity contribution in [2.24, 2.45) is 5.92 Å². The second-order valence-electron chi connectivity index (χ2n) is 4.04. The van der Waals surface area contributed by atoms with Gasteiger partial charge in [-0.2, -0.15) is 0 Å². The molecule has 4 nitrogen and oxygen atoms in total. The lowest BCUT2D eigenvalue weighted by Crippen LogP contribution is -2.08. The van der Waals surface area contributed by atoms with E-state index in [1.807, 2.05) is 6.07 Å². The zero-order valence-corrected chi connectivity index (χ0v) is 9.91. The van der Waals surface area contributed by atoms with E-state index in [9.17, 15) is 0 Å². The van der Waals surface area contributed by atoms with E-state index >= 15 is 0 Å². The highest BCUT2D eigenvalue weighted by molar-refractivity contribution is 6.29. The highest BCUT2D eigenvalue weighted by Gasteiger charge is 2.20. The number of anilines is 1. The Morgan fingerprint density at radius 2 is 2.25 bits per heavy atom. The maximum absolute atomic E-state index is 5.63. The smallest absolute Gasteiger partial charge is 0.151 e. The molecular formula is C11H16ClN3O. The molecule has 0 bridgehead atoms. The number of aromatic nitrogens is 2. The third-order valence-electron chi connectivity index (χ3n) is 2.45. The number of halogens is 1. The van der Waals surface area contributed by atoms with Crippen LogP contribution in [0.1, 0.15) is 19.3 Å². The van der Waals surface area contributed by atoms with Gasteiger partial charge in [-0.25, -0.2) is 0 Å². The molecule has 0 saturated heterocycles. The third-order valence-corrected chi connectivity index (χ3v) is 2.66. The van der Waals surface area contributed by atoms with Crippen molar-refractivity contribution < 1.29 is 4.74 Å². The van der Waals surface area contributed by atoms with Gasteiger partial charge in [0.25, 0.3) is 0 Å². The van der Waals surface area contributed by atoms with E-state index in [1.54, 1.807) is 6.07 Å². The zero-order chi connectivity index (χ0) is 11.2. The molecule has 1 saturated carbocycles. The van der Waals surface area contributed by atoms with Gasteiger partial charge in [-0.1, -0.05) is 11.6 Å². The molecule has 2 rings (SSSR count). The number of hydrogen-bond donors (Lipinski definition) is 1. The second kappa shape index (κ2) is 6.01. The van der Waals surface area contributed by atoms with E-state index in [-0.39, 0.29) is 0 Å². The van der Waals surface area contributed by atoms with Crippen molar-refractivity contribution >= 4 is 17.4 Å². The van der Waals surface area contributed by atoms with Crippen molar-refractivity contribution in [2.45, 2.75) is 19.3 Å². The first-order valence-electron chi connectivity index (χ1n) is 5.65. The SMILES string of the molecule is Clc1ccc(NCCCOCC2CC2)nn1. The fourth-order valence-electron chi connectivity index (χ4n) is 1.34. The Kier molecular flexibility index (Phi) is 4.36. The molecule has 1 fully saturated rings. The van der Waals surface area contributed by atoms with Crippen LogP contribution in [0.15, 0.2) is 12.1 Å². The zero-order valence-electron chi connectivity index (χ0n) is 9.16. The molecule has 88 valence electrons. The lowest BCUT2D eigenvalue weighted by molar-refractivity contribution is 0.124. The summed E-state index contributed by atoms with van der Waals surface area (Å²) in [4.78, 5) is 0. The Labute approximate surface area is 100 Å². The van der Waals surface area contributed by atoms with Gasteiger partial charge >= 0.3 is 0 Å². The van der Waals surface area contributed by atoms with E-state index in [4.69, 9.17) is 16.3 Å². The molecule has 1 N–H and O–H groups in total. The summed E-state index contributed by atoms with van der Waals surface area (Å²) >= 11 is 5.63. The summed E-state index contributed by atoms with van der Waals surface area (Å²) in [7, 11) is 0. The lowest BCUT2D eigenvalue weighted by atomic mass is 10.4. The second-order valence-corrected chi connectivity index (χ2v) is 4.43. The Bertz CT molecular complexity index is 314. The molecule has 5 heteroatoms. The normalized spacial score (nSPS) is 15.1. The number of nitrogens with zero attached hydrogens (tertiary/aromatic N) is 2. The van der Waals surface area contributed by atoms with Crippen molar-refractivity contribution in [3.8, 4) is 0 Å².